The predicted octanol–water partition coefficient (Wildman–Crippen LogP) is 4.35. The predicted molar refractivity (Wildman–Crippen MR) is 103 cm³/mol. The standard InChI is InChI=1S/C19H27NO4S/c1-4-17(14-16-11-7-6-10-15(16)3)25(23,24)20-13-9-8-12-19(22)18(21)5-2/h4,6-7,10-11,14,20-22H,1,5,8-9,12-13H2,2-3H3/b17-14+,19-18-. The summed E-state index contributed by atoms with van der Waals surface area (Å²) in [5, 5.41) is 18.9. The van der Waals surface area contributed by atoms with Crippen molar-refractivity contribution in [3.63, 3.8) is 0 Å². The molecule has 0 radical (unpaired) electrons. The summed E-state index contributed by atoms with van der Waals surface area (Å²) >= 11 is 0. The maximum absolute atomic E-state index is 12.4. The van der Waals surface area contributed by atoms with Crippen LogP contribution in [-0.4, -0.2) is 25.2 Å². The van der Waals surface area contributed by atoms with E-state index in [0.29, 0.717) is 25.7 Å². The number of aryl methyl sites for hydroxylation is 1. The first kappa shape index (κ1) is 21.0. The second kappa shape index (κ2) is 10.1. The highest BCUT2D eigenvalue weighted by Crippen LogP contribution is 2.16. The molecule has 138 valence electrons. The van der Waals surface area contributed by atoms with Crippen molar-refractivity contribution in [2.45, 2.75) is 39.5 Å². The Morgan fingerprint density at radius 2 is 1.88 bits per heavy atom. The lowest BCUT2D eigenvalue weighted by molar-refractivity contribution is 0.299. The first-order valence-corrected chi connectivity index (χ1v) is 9.79. The fraction of sp³-hybridized carbons (Fsp3) is 0.368. The summed E-state index contributed by atoms with van der Waals surface area (Å²) in [7, 11) is -3.64. The van der Waals surface area contributed by atoms with Gasteiger partial charge in [-0.25, -0.2) is 13.1 Å². The van der Waals surface area contributed by atoms with E-state index in [2.05, 4.69) is 11.3 Å². The number of hydrogen-bond acceptors (Lipinski definition) is 4. The molecule has 0 fully saturated rings. The third-order valence-corrected chi connectivity index (χ3v) is 5.29. The van der Waals surface area contributed by atoms with Gasteiger partial charge in [0.2, 0.25) is 10.0 Å². The quantitative estimate of drug-likeness (QED) is 0.327. The van der Waals surface area contributed by atoms with Crippen molar-refractivity contribution in [3.8, 4) is 0 Å². The van der Waals surface area contributed by atoms with Crippen LogP contribution in [0.2, 0.25) is 0 Å². The molecule has 0 aliphatic rings. The number of allylic oxidation sites excluding steroid dienone is 3. The molecule has 1 aromatic rings. The molecule has 3 N–H and O–H groups in total. The smallest absolute Gasteiger partial charge is 0.240 e. The lowest BCUT2D eigenvalue weighted by atomic mass is 10.1. The first-order valence-electron chi connectivity index (χ1n) is 8.31. The van der Waals surface area contributed by atoms with Crippen LogP contribution in [-0.2, 0) is 10.0 Å². The Morgan fingerprint density at radius 1 is 1.20 bits per heavy atom. The first-order chi connectivity index (χ1) is 11.8. The molecule has 0 saturated heterocycles. The Hall–Kier alpha value is -2.05. The molecule has 0 aromatic heterocycles. The minimum atomic E-state index is -3.64. The van der Waals surface area contributed by atoms with Gasteiger partial charge in [-0.05, 0) is 43.0 Å². The van der Waals surface area contributed by atoms with Crippen LogP contribution in [0.1, 0.15) is 43.7 Å². The highest BCUT2D eigenvalue weighted by molar-refractivity contribution is 7.93. The van der Waals surface area contributed by atoms with E-state index in [1.54, 1.807) is 13.0 Å². The van der Waals surface area contributed by atoms with Crippen molar-refractivity contribution in [2.24, 2.45) is 0 Å². The number of hydrogen-bond donors (Lipinski definition) is 3. The van der Waals surface area contributed by atoms with E-state index in [1.807, 2.05) is 31.2 Å². The maximum atomic E-state index is 12.4. The average molecular weight is 365 g/mol. The normalized spacial score (nSPS) is 13.4. The summed E-state index contributed by atoms with van der Waals surface area (Å²) in [5.74, 6) is -0.0488. The zero-order chi connectivity index (χ0) is 18.9. The Balaban J connectivity index is 2.65. The van der Waals surface area contributed by atoms with Crippen LogP contribution in [0.3, 0.4) is 0 Å². The van der Waals surface area contributed by atoms with Crippen molar-refractivity contribution in [3.05, 3.63) is 64.5 Å². The molecule has 0 bridgehead atoms. The Kier molecular flexibility index (Phi) is 8.45. The van der Waals surface area contributed by atoms with Gasteiger partial charge < -0.3 is 10.2 Å². The van der Waals surface area contributed by atoms with E-state index in [-0.39, 0.29) is 23.0 Å². The number of nitrogens with one attached hydrogen (secondary N) is 1. The number of rotatable bonds is 10. The summed E-state index contributed by atoms with van der Waals surface area (Å²) in [5.41, 5.74) is 1.81. The van der Waals surface area contributed by atoms with E-state index in [9.17, 15) is 18.6 Å². The minimum absolute atomic E-state index is 0.0179. The molecular weight excluding hydrogens is 338 g/mol. The molecule has 0 heterocycles. The molecule has 0 atom stereocenters. The highest BCUT2D eigenvalue weighted by Gasteiger charge is 2.14. The molecule has 25 heavy (non-hydrogen) atoms. The second-order valence-electron chi connectivity index (χ2n) is 5.71. The van der Waals surface area contributed by atoms with E-state index < -0.39 is 10.0 Å². The van der Waals surface area contributed by atoms with Crippen molar-refractivity contribution in [1.29, 1.82) is 0 Å². The maximum Gasteiger partial charge on any atom is 0.240 e. The number of aliphatic hydroxyl groups excluding tert-OH is 2. The number of benzene rings is 1. The van der Waals surface area contributed by atoms with Crippen molar-refractivity contribution in [2.75, 3.05) is 6.54 Å². The fourth-order valence-corrected chi connectivity index (χ4v) is 3.29. The van der Waals surface area contributed by atoms with Gasteiger partial charge in [0.05, 0.1) is 4.91 Å². The van der Waals surface area contributed by atoms with Crippen LogP contribution in [0.4, 0.5) is 0 Å². The van der Waals surface area contributed by atoms with Gasteiger partial charge in [-0.3, -0.25) is 0 Å². The van der Waals surface area contributed by atoms with Gasteiger partial charge in [0, 0.05) is 19.4 Å². The van der Waals surface area contributed by atoms with Gasteiger partial charge in [0.25, 0.3) is 0 Å². The molecular formula is C19H27NO4S. The third kappa shape index (κ3) is 6.76. The number of aliphatic hydroxyl groups is 2. The van der Waals surface area contributed by atoms with E-state index in [0.717, 1.165) is 11.1 Å². The van der Waals surface area contributed by atoms with Gasteiger partial charge in [-0.2, -0.15) is 0 Å². The third-order valence-electron chi connectivity index (χ3n) is 3.80. The number of sulfonamides is 1. The zero-order valence-electron chi connectivity index (χ0n) is 14.8. The molecule has 0 unspecified atom stereocenters. The van der Waals surface area contributed by atoms with Crippen LogP contribution in [0.25, 0.3) is 6.08 Å². The number of unbranched alkanes of at least 4 members (excludes halogenated alkanes) is 1. The van der Waals surface area contributed by atoms with Gasteiger partial charge in [-0.1, -0.05) is 37.8 Å². The molecule has 1 aromatic carbocycles. The topological polar surface area (TPSA) is 86.6 Å². The second-order valence-corrected chi connectivity index (χ2v) is 7.48. The molecule has 0 aliphatic heterocycles. The fourth-order valence-electron chi connectivity index (χ4n) is 2.20. The molecule has 0 saturated carbocycles. The van der Waals surface area contributed by atoms with Crippen LogP contribution in [0.5, 0.6) is 0 Å². The summed E-state index contributed by atoms with van der Waals surface area (Å²) in [6.45, 7) is 7.51. The SMILES string of the molecule is C=C/C(=C\c1ccccc1C)S(=O)(=O)NCCCC/C(O)=C(/O)CC. The van der Waals surface area contributed by atoms with Gasteiger partial charge in [-0.15, -0.1) is 0 Å². The van der Waals surface area contributed by atoms with Crippen molar-refractivity contribution < 1.29 is 18.6 Å². The molecule has 6 heteroatoms. The lowest BCUT2D eigenvalue weighted by Gasteiger charge is -2.09. The Bertz CT molecular complexity index is 748. The van der Waals surface area contributed by atoms with Crippen LogP contribution < -0.4 is 4.72 Å². The zero-order valence-corrected chi connectivity index (χ0v) is 15.6. The van der Waals surface area contributed by atoms with E-state index in [1.165, 1.54) is 6.08 Å². The van der Waals surface area contributed by atoms with E-state index in [4.69, 9.17) is 0 Å². The van der Waals surface area contributed by atoms with Crippen LogP contribution in [0, 0.1) is 6.92 Å². The van der Waals surface area contributed by atoms with Crippen LogP contribution >= 0.6 is 0 Å². The van der Waals surface area contributed by atoms with E-state index >= 15 is 0 Å². The largest absolute Gasteiger partial charge is 0.509 e. The monoisotopic (exact) mass is 365 g/mol. The average Bonchev–Trinajstić information content (AvgIpc) is 2.59. The molecule has 5 nitrogen and oxygen atoms in total. The Labute approximate surface area is 150 Å². The van der Waals surface area contributed by atoms with Gasteiger partial charge >= 0.3 is 0 Å². The van der Waals surface area contributed by atoms with Gasteiger partial charge in [0.1, 0.15) is 11.5 Å². The molecule has 0 amide bonds. The van der Waals surface area contributed by atoms with Gasteiger partial charge in [0.15, 0.2) is 0 Å². The molecule has 0 spiro atoms. The Morgan fingerprint density at radius 3 is 2.48 bits per heavy atom. The minimum Gasteiger partial charge on any atom is -0.509 e. The highest BCUT2D eigenvalue weighted by atomic mass is 32.2. The van der Waals surface area contributed by atoms with Crippen molar-refractivity contribution in [1.82, 2.24) is 4.72 Å². The summed E-state index contributed by atoms with van der Waals surface area (Å²) in [6.07, 6.45) is 4.75. The summed E-state index contributed by atoms with van der Waals surface area (Å²) in [4.78, 5) is 0.119. The summed E-state index contributed by atoms with van der Waals surface area (Å²) in [6, 6.07) is 7.51. The summed E-state index contributed by atoms with van der Waals surface area (Å²) < 4.78 is 27.3. The molecule has 0 aliphatic carbocycles. The van der Waals surface area contributed by atoms with Crippen LogP contribution in [0.15, 0.2) is 53.3 Å². The molecule has 1 rings (SSSR count). The van der Waals surface area contributed by atoms with Crippen molar-refractivity contribution >= 4 is 16.1 Å². The lowest BCUT2D eigenvalue weighted by Crippen LogP contribution is -2.25.